The van der Waals surface area contributed by atoms with Crippen LogP contribution in [0.3, 0.4) is 0 Å². The van der Waals surface area contributed by atoms with Crippen molar-refractivity contribution >= 4 is 17.0 Å². The van der Waals surface area contributed by atoms with E-state index in [-0.39, 0.29) is 5.97 Å². The molecule has 3 rings (SSSR count). The Balaban J connectivity index is 2.00. The van der Waals surface area contributed by atoms with Crippen LogP contribution in [0.5, 0.6) is 0 Å². The maximum Gasteiger partial charge on any atom is 0.338 e. The van der Waals surface area contributed by atoms with E-state index >= 15 is 0 Å². The first kappa shape index (κ1) is 14.2. The lowest BCUT2D eigenvalue weighted by Crippen LogP contribution is -2.32. The van der Waals surface area contributed by atoms with Gasteiger partial charge in [-0.15, -0.1) is 0 Å². The van der Waals surface area contributed by atoms with Crippen molar-refractivity contribution in [3.63, 3.8) is 0 Å². The third-order valence-corrected chi connectivity index (χ3v) is 3.81. The molecule has 0 radical (unpaired) electrons. The van der Waals surface area contributed by atoms with Gasteiger partial charge in [-0.1, -0.05) is 6.92 Å². The quantitative estimate of drug-likeness (QED) is 0.798. The summed E-state index contributed by atoms with van der Waals surface area (Å²) < 4.78 is 1.38. The molecule has 3 aromatic rings. The van der Waals surface area contributed by atoms with Gasteiger partial charge in [0.05, 0.1) is 10.8 Å². The Hall–Kier alpha value is -2.70. The molecule has 0 aliphatic carbocycles. The average Bonchev–Trinajstić information content (AvgIpc) is 3.17. The molecule has 0 bridgehead atoms. The van der Waals surface area contributed by atoms with Crippen molar-refractivity contribution in [3.8, 4) is 11.4 Å². The lowest BCUT2D eigenvalue weighted by atomic mass is 9.91. The number of aromatic nitrogens is 5. The highest BCUT2D eigenvalue weighted by Gasteiger charge is 2.28. The van der Waals surface area contributed by atoms with Gasteiger partial charge in [-0.25, -0.2) is 14.8 Å². The van der Waals surface area contributed by atoms with Crippen LogP contribution in [0.15, 0.2) is 30.9 Å². The Morgan fingerprint density at radius 1 is 1.36 bits per heavy atom. The van der Waals surface area contributed by atoms with Crippen LogP contribution < -0.4 is 4.84 Å². The summed E-state index contributed by atoms with van der Waals surface area (Å²) in [4.78, 5) is 26.1. The van der Waals surface area contributed by atoms with Gasteiger partial charge in [0.25, 0.3) is 0 Å². The fourth-order valence-corrected chi connectivity index (χ4v) is 1.96. The smallest absolute Gasteiger partial charge is 0.334 e. The fraction of sp³-hybridized carbons (Fsp3) is 0.333. The van der Waals surface area contributed by atoms with Crippen molar-refractivity contribution in [1.29, 1.82) is 0 Å². The summed E-state index contributed by atoms with van der Waals surface area (Å²) >= 11 is 0. The number of carbonyl (C=O) groups is 1. The third-order valence-electron chi connectivity index (χ3n) is 3.81. The molecule has 7 heteroatoms. The molecule has 3 aromatic heterocycles. The van der Waals surface area contributed by atoms with Crippen LogP contribution in [0.1, 0.15) is 27.2 Å². The molecular formula is C15H17N5O2. The maximum atomic E-state index is 12.2. The minimum absolute atomic E-state index is 0.299. The number of hydrogen-bond donors (Lipinski definition) is 1. The molecule has 7 nitrogen and oxygen atoms in total. The minimum atomic E-state index is -0.547. The number of aromatic amines is 1. The van der Waals surface area contributed by atoms with Crippen molar-refractivity contribution in [2.75, 3.05) is 0 Å². The summed E-state index contributed by atoms with van der Waals surface area (Å²) in [5.41, 5.74) is 1.39. The second kappa shape index (κ2) is 5.25. The van der Waals surface area contributed by atoms with Crippen LogP contribution in [0.2, 0.25) is 0 Å². The van der Waals surface area contributed by atoms with Crippen molar-refractivity contribution in [2.45, 2.75) is 27.2 Å². The number of nitrogens with zero attached hydrogens (tertiary/aromatic N) is 4. The first-order valence-electron chi connectivity index (χ1n) is 7.08. The van der Waals surface area contributed by atoms with E-state index in [9.17, 15) is 4.79 Å². The molecule has 0 amide bonds. The predicted octanol–water partition coefficient (Wildman–Crippen LogP) is 2.21. The first-order valence-corrected chi connectivity index (χ1v) is 7.08. The molecular weight excluding hydrogens is 282 g/mol. The lowest BCUT2D eigenvalue weighted by molar-refractivity contribution is -0.154. The monoisotopic (exact) mass is 299 g/mol. The van der Waals surface area contributed by atoms with Crippen LogP contribution in [0.25, 0.3) is 22.4 Å². The van der Waals surface area contributed by atoms with Gasteiger partial charge >= 0.3 is 5.97 Å². The number of carbonyl (C=O) groups excluding carboxylic acids is 1. The Bertz CT molecular complexity index is 805. The molecule has 0 aliphatic rings. The van der Waals surface area contributed by atoms with E-state index in [1.807, 2.05) is 32.9 Å². The fourth-order valence-electron chi connectivity index (χ4n) is 1.96. The van der Waals surface area contributed by atoms with E-state index < -0.39 is 5.41 Å². The molecule has 114 valence electrons. The molecule has 0 atom stereocenters. The van der Waals surface area contributed by atoms with Crippen LogP contribution >= 0.6 is 0 Å². The van der Waals surface area contributed by atoms with E-state index in [1.165, 1.54) is 11.1 Å². The van der Waals surface area contributed by atoms with Gasteiger partial charge in [0.1, 0.15) is 17.7 Å². The highest BCUT2D eigenvalue weighted by molar-refractivity contribution is 5.90. The molecule has 0 spiro atoms. The Morgan fingerprint density at radius 2 is 2.18 bits per heavy atom. The second-order valence-electron chi connectivity index (χ2n) is 5.68. The van der Waals surface area contributed by atoms with Crippen LogP contribution in [-0.2, 0) is 4.79 Å². The third kappa shape index (κ3) is 2.34. The Morgan fingerprint density at radius 3 is 2.86 bits per heavy atom. The van der Waals surface area contributed by atoms with Crippen LogP contribution in [0, 0.1) is 5.41 Å². The van der Waals surface area contributed by atoms with Gasteiger partial charge < -0.3 is 4.84 Å². The summed E-state index contributed by atoms with van der Waals surface area (Å²) in [5, 5.41) is 7.66. The standard InChI is InChI=1S/C15H17N5O2/c1-4-15(2,3)14(21)22-20-8-6-10-12(11-5-7-18-19-11)16-9-17-13(10)20/h5-9H,4H2,1-3H3,(H,18,19). The van der Waals surface area contributed by atoms with Gasteiger partial charge in [0.15, 0.2) is 5.65 Å². The molecule has 1 N–H and O–H groups in total. The Kier molecular flexibility index (Phi) is 3.40. The molecule has 3 heterocycles. The number of nitrogens with one attached hydrogen (secondary N) is 1. The molecule has 0 aliphatic heterocycles. The number of hydrogen-bond acceptors (Lipinski definition) is 5. The average molecular weight is 299 g/mol. The number of rotatable bonds is 4. The zero-order chi connectivity index (χ0) is 15.7. The molecule has 0 fully saturated rings. The molecule has 0 unspecified atom stereocenters. The highest BCUT2D eigenvalue weighted by atomic mass is 16.7. The van der Waals surface area contributed by atoms with E-state index in [0.29, 0.717) is 23.5 Å². The largest absolute Gasteiger partial charge is 0.338 e. The van der Waals surface area contributed by atoms with Crippen molar-refractivity contribution in [3.05, 3.63) is 30.9 Å². The zero-order valence-corrected chi connectivity index (χ0v) is 12.7. The molecule has 0 aromatic carbocycles. The summed E-state index contributed by atoms with van der Waals surface area (Å²) in [6.07, 6.45) is 5.52. The Labute approximate surface area is 127 Å². The predicted molar refractivity (Wildman–Crippen MR) is 80.8 cm³/mol. The number of fused-ring (bicyclic) bond motifs is 1. The molecule has 0 saturated carbocycles. The van der Waals surface area contributed by atoms with Gasteiger partial charge in [0.2, 0.25) is 0 Å². The van der Waals surface area contributed by atoms with E-state index in [0.717, 1.165) is 5.39 Å². The summed E-state index contributed by atoms with van der Waals surface area (Å²) in [5.74, 6) is -0.299. The van der Waals surface area contributed by atoms with E-state index in [4.69, 9.17) is 4.84 Å². The molecule has 0 saturated heterocycles. The molecule has 22 heavy (non-hydrogen) atoms. The summed E-state index contributed by atoms with van der Waals surface area (Å²) in [6, 6.07) is 3.64. The highest BCUT2D eigenvalue weighted by Crippen LogP contribution is 2.25. The second-order valence-corrected chi connectivity index (χ2v) is 5.68. The normalized spacial score (nSPS) is 11.8. The topological polar surface area (TPSA) is 85.7 Å². The van der Waals surface area contributed by atoms with Crippen molar-refractivity contribution < 1.29 is 9.63 Å². The first-order chi connectivity index (χ1) is 10.5. The summed E-state index contributed by atoms with van der Waals surface area (Å²) in [6.45, 7) is 5.66. The number of H-pyrrole nitrogens is 1. The van der Waals surface area contributed by atoms with Crippen LogP contribution in [0.4, 0.5) is 0 Å². The van der Waals surface area contributed by atoms with Crippen molar-refractivity contribution in [2.24, 2.45) is 5.41 Å². The van der Waals surface area contributed by atoms with Gasteiger partial charge in [-0.3, -0.25) is 5.10 Å². The van der Waals surface area contributed by atoms with Crippen LogP contribution in [-0.4, -0.2) is 30.9 Å². The maximum absolute atomic E-state index is 12.2. The SMILES string of the molecule is CCC(C)(C)C(=O)On1ccc2c(-c3cc[nH]n3)ncnc21. The van der Waals surface area contributed by atoms with Gasteiger partial charge in [-0.2, -0.15) is 9.83 Å². The van der Waals surface area contributed by atoms with Gasteiger partial charge in [0, 0.05) is 12.4 Å². The minimum Gasteiger partial charge on any atom is -0.334 e. The van der Waals surface area contributed by atoms with Gasteiger partial charge in [-0.05, 0) is 32.4 Å². The summed E-state index contributed by atoms with van der Waals surface area (Å²) in [7, 11) is 0. The van der Waals surface area contributed by atoms with Crippen molar-refractivity contribution in [1.82, 2.24) is 24.9 Å². The van der Waals surface area contributed by atoms with E-state index in [1.54, 1.807) is 12.4 Å². The zero-order valence-electron chi connectivity index (χ0n) is 12.7. The van der Waals surface area contributed by atoms with E-state index in [2.05, 4.69) is 20.2 Å². The lowest BCUT2D eigenvalue weighted by Gasteiger charge is -2.19.